The van der Waals surface area contributed by atoms with Gasteiger partial charge in [0.1, 0.15) is 6.33 Å². The molecule has 0 unspecified atom stereocenters. The highest BCUT2D eigenvalue weighted by Gasteiger charge is 2.09. The topological polar surface area (TPSA) is 114 Å². The van der Waals surface area contributed by atoms with Gasteiger partial charge in [-0.05, 0) is 21.9 Å². The third-order valence-corrected chi connectivity index (χ3v) is 3.33. The van der Waals surface area contributed by atoms with Crippen molar-refractivity contribution >= 4 is 23.2 Å². The van der Waals surface area contributed by atoms with Crippen molar-refractivity contribution < 1.29 is 4.79 Å². The van der Waals surface area contributed by atoms with Crippen LogP contribution in [0.2, 0.25) is 0 Å². The average molecular weight is 290 g/mol. The Bertz CT molecular complexity index is 674. The van der Waals surface area contributed by atoms with E-state index in [2.05, 4.69) is 36.0 Å². The van der Waals surface area contributed by atoms with Crippen molar-refractivity contribution in [3.8, 4) is 10.7 Å². The molecule has 0 bridgehead atoms. The van der Waals surface area contributed by atoms with Crippen molar-refractivity contribution in [1.82, 2.24) is 35.4 Å². The normalized spacial score (nSPS) is 10.6. The standard InChI is InChI=1S/C10H10N8OS/c19-8(3-4-18-6-11-16-17-18)12-10-13-9(14-15-10)7-2-1-5-20-7/h1-2,5-6H,3-4H2,(H2,12,13,14,15,19). The maximum absolute atomic E-state index is 11.7. The second kappa shape index (κ2) is 5.57. The number of tetrazole rings is 1. The number of aryl methyl sites for hydroxylation is 1. The summed E-state index contributed by atoms with van der Waals surface area (Å²) in [5, 5.41) is 21.9. The number of aromatic amines is 1. The van der Waals surface area contributed by atoms with Gasteiger partial charge in [-0.3, -0.25) is 15.2 Å². The molecule has 3 aromatic rings. The summed E-state index contributed by atoms with van der Waals surface area (Å²) in [6.07, 6.45) is 1.70. The van der Waals surface area contributed by atoms with E-state index in [4.69, 9.17) is 0 Å². The number of nitrogens with zero attached hydrogens (tertiary/aromatic N) is 6. The molecule has 20 heavy (non-hydrogen) atoms. The Morgan fingerprint density at radius 1 is 1.50 bits per heavy atom. The lowest BCUT2D eigenvalue weighted by Gasteiger charge is -1.99. The third-order valence-electron chi connectivity index (χ3n) is 2.45. The van der Waals surface area contributed by atoms with E-state index in [1.807, 2.05) is 17.5 Å². The zero-order chi connectivity index (χ0) is 13.8. The van der Waals surface area contributed by atoms with Crippen LogP contribution < -0.4 is 5.32 Å². The molecule has 0 saturated carbocycles. The van der Waals surface area contributed by atoms with Gasteiger partial charge in [-0.1, -0.05) is 6.07 Å². The van der Waals surface area contributed by atoms with Gasteiger partial charge >= 0.3 is 0 Å². The second-order valence-corrected chi connectivity index (χ2v) is 4.80. The SMILES string of the molecule is O=C(CCn1cnnn1)Nc1n[nH]c(-c2cccs2)n1. The molecule has 102 valence electrons. The van der Waals surface area contributed by atoms with Gasteiger partial charge in [0.2, 0.25) is 11.9 Å². The summed E-state index contributed by atoms with van der Waals surface area (Å²) < 4.78 is 1.48. The molecule has 0 aromatic carbocycles. The molecule has 3 aromatic heterocycles. The van der Waals surface area contributed by atoms with E-state index in [1.165, 1.54) is 11.0 Å². The minimum atomic E-state index is -0.197. The summed E-state index contributed by atoms with van der Waals surface area (Å²) in [5.74, 6) is 0.697. The van der Waals surface area contributed by atoms with Crippen LogP contribution in [0.25, 0.3) is 10.7 Å². The smallest absolute Gasteiger partial charge is 0.249 e. The van der Waals surface area contributed by atoms with Gasteiger partial charge in [-0.15, -0.1) is 21.5 Å². The van der Waals surface area contributed by atoms with Crippen molar-refractivity contribution in [2.75, 3.05) is 5.32 Å². The molecule has 2 N–H and O–H groups in total. The summed E-state index contributed by atoms with van der Waals surface area (Å²) in [7, 11) is 0. The highest BCUT2D eigenvalue weighted by Crippen LogP contribution is 2.21. The molecule has 0 aliphatic carbocycles. The van der Waals surface area contributed by atoms with E-state index >= 15 is 0 Å². The number of anilines is 1. The van der Waals surface area contributed by atoms with E-state index < -0.39 is 0 Å². The number of hydrogen-bond acceptors (Lipinski definition) is 7. The number of rotatable bonds is 5. The quantitative estimate of drug-likeness (QED) is 0.709. The van der Waals surface area contributed by atoms with Crippen molar-refractivity contribution in [2.45, 2.75) is 13.0 Å². The van der Waals surface area contributed by atoms with Gasteiger partial charge in [-0.2, -0.15) is 4.98 Å². The molecule has 0 radical (unpaired) electrons. The highest BCUT2D eigenvalue weighted by molar-refractivity contribution is 7.13. The molecule has 0 atom stereocenters. The van der Waals surface area contributed by atoms with Crippen molar-refractivity contribution in [1.29, 1.82) is 0 Å². The molecule has 3 rings (SSSR count). The first-order chi connectivity index (χ1) is 9.81. The molecule has 3 heterocycles. The first kappa shape index (κ1) is 12.4. The van der Waals surface area contributed by atoms with Crippen LogP contribution in [0.15, 0.2) is 23.8 Å². The van der Waals surface area contributed by atoms with E-state index in [9.17, 15) is 4.79 Å². The molecular formula is C10H10N8OS. The largest absolute Gasteiger partial charge is 0.293 e. The number of carbonyl (C=O) groups is 1. The maximum atomic E-state index is 11.7. The van der Waals surface area contributed by atoms with Gasteiger partial charge in [0.15, 0.2) is 5.82 Å². The minimum Gasteiger partial charge on any atom is -0.293 e. The molecule has 0 fully saturated rings. The van der Waals surface area contributed by atoms with Gasteiger partial charge in [-0.25, -0.2) is 4.68 Å². The lowest BCUT2D eigenvalue weighted by atomic mass is 10.4. The molecule has 0 saturated heterocycles. The fourth-order valence-electron chi connectivity index (χ4n) is 1.53. The van der Waals surface area contributed by atoms with Crippen LogP contribution >= 0.6 is 11.3 Å². The first-order valence-electron chi connectivity index (χ1n) is 5.78. The lowest BCUT2D eigenvalue weighted by molar-refractivity contribution is -0.116. The van der Waals surface area contributed by atoms with Crippen LogP contribution in [-0.2, 0) is 11.3 Å². The number of hydrogen-bond donors (Lipinski definition) is 2. The molecule has 0 spiro atoms. The van der Waals surface area contributed by atoms with E-state index in [0.717, 1.165) is 4.88 Å². The molecule has 9 nitrogen and oxygen atoms in total. The zero-order valence-corrected chi connectivity index (χ0v) is 11.0. The van der Waals surface area contributed by atoms with Crippen LogP contribution in [-0.4, -0.2) is 41.3 Å². The fourth-order valence-corrected chi connectivity index (χ4v) is 2.19. The summed E-state index contributed by atoms with van der Waals surface area (Å²) >= 11 is 1.54. The molecule has 10 heteroatoms. The van der Waals surface area contributed by atoms with Crippen LogP contribution in [0, 0.1) is 0 Å². The van der Waals surface area contributed by atoms with Gasteiger partial charge in [0.25, 0.3) is 0 Å². The number of aromatic nitrogens is 7. The predicted molar refractivity (Wildman–Crippen MR) is 70.8 cm³/mol. The molecule has 0 aliphatic rings. The second-order valence-electron chi connectivity index (χ2n) is 3.86. The minimum absolute atomic E-state index is 0.197. The molecule has 1 amide bonds. The van der Waals surface area contributed by atoms with Gasteiger partial charge in [0.05, 0.1) is 11.4 Å². The first-order valence-corrected chi connectivity index (χ1v) is 6.66. The monoisotopic (exact) mass is 290 g/mol. The maximum Gasteiger partial charge on any atom is 0.249 e. The lowest BCUT2D eigenvalue weighted by Crippen LogP contribution is -2.15. The average Bonchev–Trinajstić information content (AvgIpc) is 3.18. The Morgan fingerprint density at radius 3 is 3.20 bits per heavy atom. The number of amides is 1. The summed E-state index contributed by atoms with van der Waals surface area (Å²) in [4.78, 5) is 16.9. The van der Waals surface area contributed by atoms with Crippen molar-refractivity contribution in [2.24, 2.45) is 0 Å². The Kier molecular flexibility index (Phi) is 3.46. The van der Waals surface area contributed by atoms with Gasteiger partial charge in [0, 0.05) is 6.42 Å². The van der Waals surface area contributed by atoms with Crippen LogP contribution in [0.3, 0.4) is 0 Å². The zero-order valence-electron chi connectivity index (χ0n) is 10.2. The summed E-state index contributed by atoms with van der Waals surface area (Å²) in [6, 6.07) is 3.85. The van der Waals surface area contributed by atoms with E-state index in [-0.39, 0.29) is 18.3 Å². The Labute approximate surface area is 117 Å². The number of thiophene rings is 1. The highest BCUT2D eigenvalue weighted by atomic mass is 32.1. The Morgan fingerprint density at radius 2 is 2.45 bits per heavy atom. The number of nitrogens with one attached hydrogen (secondary N) is 2. The number of H-pyrrole nitrogens is 1. The summed E-state index contributed by atoms with van der Waals surface area (Å²) in [6.45, 7) is 0.404. The van der Waals surface area contributed by atoms with Crippen LogP contribution in [0.5, 0.6) is 0 Å². The van der Waals surface area contributed by atoms with Crippen LogP contribution in [0.1, 0.15) is 6.42 Å². The fraction of sp³-hybridized carbons (Fsp3) is 0.200. The number of carbonyl (C=O) groups excluding carboxylic acids is 1. The Hall–Kier alpha value is -2.62. The van der Waals surface area contributed by atoms with Gasteiger partial charge < -0.3 is 0 Å². The van der Waals surface area contributed by atoms with E-state index in [1.54, 1.807) is 11.3 Å². The predicted octanol–water partition coefficient (Wildman–Crippen LogP) is 0.548. The van der Waals surface area contributed by atoms with Crippen molar-refractivity contribution in [3.63, 3.8) is 0 Å². The Balaban J connectivity index is 1.56. The molecule has 0 aliphatic heterocycles. The summed E-state index contributed by atoms with van der Waals surface area (Å²) in [5.41, 5.74) is 0. The molecular weight excluding hydrogens is 280 g/mol. The van der Waals surface area contributed by atoms with Crippen molar-refractivity contribution in [3.05, 3.63) is 23.8 Å². The third kappa shape index (κ3) is 2.85. The van der Waals surface area contributed by atoms with Crippen LogP contribution in [0.4, 0.5) is 5.95 Å². The van der Waals surface area contributed by atoms with E-state index in [0.29, 0.717) is 12.4 Å².